The van der Waals surface area contributed by atoms with Crippen molar-refractivity contribution in [2.75, 3.05) is 38.0 Å². The van der Waals surface area contributed by atoms with E-state index in [1.165, 1.54) is 4.90 Å². The monoisotopic (exact) mass is 357 g/mol. The molecule has 0 aliphatic carbocycles. The Kier molecular flexibility index (Phi) is 6.05. The summed E-state index contributed by atoms with van der Waals surface area (Å²) in [6.45, 7) is 5.19. The van der Waals surface area contributed by atoms with E-state index >= 15 is 0 Å². The van der Waals surface area contributed by atoms with E-state index in [4.69, 9.17) is 0 Å². The first kappa shape index (κ1) is 19.2. The Morgan fingerprint density at radius 1 is 1.12 bits per heavy atom. The number of halogens is 3. The molecule has 0 saturated carbocycles. The Labute approximate surface area is 144 Å². The number of benzene rings is 1. The molecule has 25 heavy (non-hydrogen) atoms. The zero-order valence-electron chi connectivity index (χ0n) is 14.3. The highest BCUT2D eigenvalue weighted by Crippen LogP contribution is 2.21. The molecule has 1 aliphatic heterocycles. The van der Waals surface area contributed by atoms with Crippen LogP contribution in [0.4, 0.5) is 18.9 Å². The quantitative estimate of drug-likeness (QED) is 0.900. The molecule has 1 saturated heterocycles. The summed E-state index contributed by atoms with van der Waals surface area (Å²) in [4.78, 5) is 26.8. The molecule has 0 spiro atoms. The molecule has 5 nitrogen and oxygen atoms in total. The number of anilines is 1. The first-order valence-electron chi connectivity index (χ1n) is 8.08. The van der Waals surface area contributed by atoms with Crippen molar-refractivity contribution < 1.29 is 22.8 Å². The SMILES string of the molecule is Cc1cccc(NC(=O)CN2CCN(C(=O)CC(F)(F)F)CC2)c1C. The van der Waals surface area contributed by atoms with Gasteiger partial charge in [0.25, 0.3) is 0 Å². The normalized spacial score (nSPS) is 16.0. The lowest BCUT2D eigenvalue weighted by atomic mass is 10.1. The minimum atomic E-state index is -4.49. The maximum absolute atomic E-state index is 12.3. The fraction of sp³-hybridized carbons (Fsp3) is 0.529. The first-order chi connectivity index (χ1) is 11.7. The van der Waals surface area contributed by atoms with Gasteiger partial charge in [0.1, 0.15) is 6.42 Å². The fourth-order valence-corrected chi connectivity index (χ4v) is 2.72. The fourth-order valence-electron chi connectivity index (χ4n) is 2.72. The number of piperazine rings is 1. The van der Waals surface area contributed by atoms with E-state index in [9.17, 15) is 22.8 Å². The van der Waals surface area contributed by atoms with Gasteiger partial charge in [-0.05, 0) is 31.0 Å². The van der Waals surface area contributed by atoms with Crippen molar-refractivity contribution >= 4 is 17.5 Å². The summed E-state index contributed by atoms with van der Waals surface area (Å²) in [6, 6.07) is 5.65. The second-order valence-corrected chi connectivity index (χ2v) is 6.24. The van der Waals surface area contributed by atoms with Gasteiger partial charge in [-0.2, -0.15) is 13.2 Å². The smallest absolute Gasteiger partial charge is 0.340 e. The molecule has 2 amide bonds. The van der Waals surface area contributed by atoms with Crippen LogP contribution < -0.4 is 5.32 Å². The zero-order chi connectivity index (χ0) is 18.6. The zero-order valence-corrected chi connectivity index (χ0v) is 14.3. The largest absolute Gasteiger partial charge is 0.397 e. The number of alkyl halides is 3. The van der Waals surface area contributed by atoms with Gasteiger partial charge in [0.2, 0.25) is 11.8 Å². The van der Waals surface area contributed by atoms with Crippen LogP contribution >= 0.6 is 0 Å². The molecule has 1 aromatic rings. The lowest BCUT2D eigenvalue weighted by Gasteiger charge is -2.34. The Hall–Kier alpha value is -2.09. The van der Waals surface area contributed by atoms with E-state index in [1.807, 2.05) is 36.9 Å². The van der Waals surface area contributed by atoms with E-state index in [0.29, 0.717) is 13.1 Å². The Morgan fingerprint density at radius 2 is 1.76 bits per heavy atom. The van der Waals surface area contributed by atoms with Crippen molar-refractivity contribution in [3.05, 3.63) is 29.3 Å². The number of nitrogens with zero attached hydrogens (tertiary/aromatic N) is 2. The van der Waals surface area contributed by atoms with Crippen LogP contribution in [0.15, 0.2) is 18.2 Å². The summed E-state index contributed by atoms with van der Waals surface area (Å²) in [5.41, 5.74) is 2.83. The van der Waals surface area contributed by atoms with Crippen LogP contribution in [-0.2, 0) is 9.59 Å². The van der Waals surface area contributed by atoms with Gasteiger partial charge in [-0.15, -0.1) is 0 Å². The van der Waals surface area contributed by atoms with Gasteiger partial charge in [-0.25, -0.2) is 0 Å². The van der Waals surface area contributed by atoms with Gasteiger partial charge in [0.15, 0.2) is 0 Å². The van der Waals surface area contributed by atoms with Crippen molar-refractivity contribution in [1.29, 1.82) is 0 Å². The highest BCUT2D eigenvalue weighted by Gasteiger charge is 2.34. The van der Waals surface area contributed by atoms with Crippen molar-refractivity contribution in [3.8, 4) is 0 Å². The van der Waals surface area contributed by atoms with E-state index in [2.05, 4.69) is 5.32 Å². The number of aryl methyl sites for hydroxylation is 1. The summed E-state index contributed by atoms with van der Waals surface area (Å²) in [6.07, 6.45) is -5.92. The summed E-state index contributed by atoms with van der Waals surface area (Å²) in [5.74, 6) is -1.09. The van der Waals surface area contributed by atoms with E-state index in [0.717, 1.165) is 16.8 Å². The van der Waals surface area contributed by atoms with E-state index in [1.54, 1.807) is 0 Å². The van der Waals surface area contributed by atoms with Gasteiger partial charge in [0.05, 0.1) is 6.54 Å². The molecule has 0 bridgehead atoms. The number of rotatable bonds is 4. The van der Waals surface area contributed by atoms with Crippen molar-refractivity contribution in [1.82, 2.24) is 9.80 Å². The maximum atomic E-state index is 12.3. The average Bonchev–Trinajstić information content (AvgIpc) is 2.51. The predicted molar refractivity (Wildman–Crippen MR) is 88.2 cm³/mol. The maximum Gasteiger partial charge on any atom is 0.397 e. The molecule has 0 atom stereocenters. The lowest BCUT2D eigenvalue weighted by molar-refractivity contribution is -0.162. The molecule has 1 aromatic carbocycles. The highest BCUT2D eigenvalue weighted by atomic mass is 19.4. The number of hydrogen-bond acceptors (Lipinski definition) is 3. The average molecular weight is 357 g/mol. The van der Waals surface area contributed by atoms with Gasteiger partial charge in [-0.1, -0.05) is 12.1 Å². The molecule has 138 valence electrons. The molecule has 1 fully saturated rings. The third kappa shape index (κ3) is 5.74. The number of hydrogen-bond donors (Lipinski definition) is 1. The Morgan fingerprint density at radius 3 is 2.36 bits per heavy atom. The van der Waals surface area contributed by atoms with Crippen LogP contribution in [0.1, 0.15) is 17.5 Å². The second-order valence-electron chi connectivity index (χ2n) is 6.24. The van der Waals surface area contributed by atoms with Gasteiger partial charge < -0.3 is 10.2 Å². The molecule has 0 unspecified atom stereocenters. The number of nitrogens with one attached hydrogen (secondary N) is 1. The summed E-state index contributed by atoms with van der Waals surface area (Å²) < 4.78 is 36.8. The first-order valence-corrected chi connectivity index (χ1v) is 8.08. The molecule has 2 rings (SSSR count). The minimum Gasteiger partial charge on any atom is -0.340 e. The predicted octanol–water partition coefficient (Wildman–Crippen LogP) is 2.34. The summed E-state index contributed by atoms with van der Waals surface area (Å²) in [7, 11) is 0. The van der Waals surface area contributed by atoms with E-state index < -0.39 is 18.5 Å². The topological polar surface area (TPSA) is 52.7 Å². The molecule has 1 aliphatic rings. The molecular weight excluding hydrogens is 335 g/mol. The summed E-state index contributed by atoms with van der Waals surface area (Å²) >= 11 is 0. The molecule has 0 radical (unpaired) electrons. The number of carbonyl (C=O) groups excluding carboxylic acids is 2. The van der Waals surface area contributed by atoms with Gasteiger partial charge >= 0.3 is 6.18 Å². The minimum absolute atomic E-state index is 0.148. The van der Waals surface area contributed by atoms with Crippen LogP contribution in [0.2, 0.25) is 0 Å². The van der Waals surface area contributed by atoms with Crippen molar-refractivity contribution in [3.63, 3.8) is 0 Å². The lowest BCUT2D eigenvalue weighted by Crippen LogP contribution is -2.51. The van der Waals surface area contributed by atoms with Crippen LogP contribution in [0, 0.1) is 13.8 Å². The van der Waals surface area contributed by atoms with Crippen LogP contribution in [0.5, 0.6) is 0 Å². The van der Waals surface area contributed by atoms with Crippen molar-refractivity contribution in [2.45, 2.75) is 26.4 Å². The molecule has 8 heteroatoms. The van der Waals surface area contributed by atoms with Crippen LogP contribution in [0.25, 0.3) is 0 Å². The highest BCUT2D eigenvalue weighted by molar-refractivity contribution is 5.93. The molecular formula is C17H22F3N3O2. The van der Waals surface area contributed by atoms with Crippen LogP contribution in [0.3, 0.4) is 0 Å². The Balaban J connectivity index is 1.80. The van der Waals surface area contributed by atoms with Gasteiger partial charge in [-0.3, -0.25) is 14.5 Å². The Bertz CT molecular complexity index is 639. The molecule has 0 aromatic heterocycles. The second kappa shape index (κ2) is 7.86. The molecule has 1 heterocycles. The van der Waals surface area contributed by atoms with Crippen LogP contribution in [-0.4, -0.2) is 60.5 Å². The van der Waals surface area contributed by atoms with Crippen molar-refractivity contribution in [2.24, 2.45) is 0 Å². The van der Waals surface area contributed by atoms with Gasteiger partial charge in [0, 0.05) is 31.9 Å². The standard InChI is InChI=1S/C17H22F3N3O2/c1-12-4-3-5-14(13(12)2)21-15(24)11-22-6-8-23(9-7-22)16(25)10-17(18,19)20/h3-5H,6-11H2,1-2H3,(H,21,24). The molecule has 1 N–H and O–H groups in total. The summed E-state index contributed by atoms with van der Waals surface area (Å²) in [5, 5.41) is 2.85. The number of amides is 2. The third-order valence-electron chi connectivity index (χ3n) is 4.32. The number of carbonyl (C=O) groups is 2. The third-order valence-corrected chi connectivity index (χ3v) is 4.32. The van der Waals surface area contributed by atoms with E-state index in [-0.39, 0.29) is 25.5 Å².